The minimum absolute atomic E-state index is 0.151. The Morgan fingerprint density at radius 2 is 1.60 bits per heavy atom. The van der Waals surface area contributed by atoms with E-state index < -0.39 is 21.8 Å². The maximum atomic E-state index is 13.0. The Balaban J connectivity index is 2.02. The van der Waals surface area contributed by atoms with Crippen molar-refractivity contribution in [2.24, 2.45) is 0 Å². The monoisotopic (exact) mass is 367 g/mol. The van der Waals surface area contributed by atoms with E-state index in [2.05, 4.69) is 9.68 Å². The molecule has 0 amide bonds. The van der Waals surface area contributed by atoms with Gasteiger partial charge in [-0.1, -0.05) is 35.5 Å². The SMILES string of the molecule is CS(=O)(=O)c1ccc(-c2cccc(-c3cnoc3C(F)(F)F)c2)cc1. The molecule has 0 aliphatic carbocycles. The molecule has 0 atom stereocenters. The molecule has 0 saturated carbocycles. The second kappa shape index (κ2) is 6.03. The molecule has 1 aromatic heterocycles. The summed E-state index contributed by atoms with van der Waals surface area (Å²) in [5, 5.41) is 3.24. The zero-order chi connectivity index (χ0) is 18.2. The fourth-order valence-electron chi connectivity index (χ4n) is 2.41. The first kappa shape index (κ1) is 17.2. The van der Waals surface area contributed by atoms with Crippen molar-refractivity contribution < 1.29 is 26.1 Å². The lowest BCUT2D eigenvalue weighted by Gasteiger charge is -2.08. The molecule has 0 saturated heterocycles. The molecule has 0 unspecified atom stereocenters. The van der Waals surface area contributed by atoms with Crippen LogP contribution < -0.4 is 0 Å². The third-order valence-electron chi connectivity index (χ3n) is 3.62. The van der Waals surface area contributed by atoms with Crippen molar-refractivity contribution in [3.63, 3.8) is 0 Å². The average molecular weight is 367 g/mol. The smallest absolute Gasteiger partial charge is 0.351 e. The van der Waals surface area contributed by atoms with Gasteiger partial charge < -0.3 is 4.52 Å². The molecule has 0 bridgehead atoms. The van der Waals surface area contributed by atoms with Gasteiger partial charge in [0.1, 0.15) is 0 Å². The topological polar surface area (TPSA) is 60.2 Å². The lowest BCUT2D eigenvalue weighted by atomic mass is 9.99. The molecule has 3 rings (SSSR count). The number of hydrogen-bond donors (Lipinski definition) is 0. The van der Waals surface area contributed by atoms with E-state index in [1.54, 1.807) is 30.3 Å². The lowest BCUT2D eigenvalue weighted by Crippen LogP contribution is -2.04. The Morgan fingerprint density at radius 1 is 0.960 bits per heavy atom. The Kier molecular flexibility index (Phi) is 4.16. The first-order chi connectivity index (χ1) is 11.7. The maximum Gasteiger partial charge on any atom is 0.453 e. The second-order valence-electron chi connectivity index (χ2n) is 5.44. The maximum absolute atomic E-state index is 13.0. The largest absolute Gasteiger partial charge is 0.453 e. The number of benzene rings is 2. The lowest BCUT2D eigenvalue weighted by molar-refractivity contribution is -0.154. The quantitative estimate of drug-likeness (QED) is 0.687. The molecule has 4 nitrogen and oxygen atoms in total. The molecule has 0 radical (unpaired) electrons. The van der Waals surface area contributed by atoms with Crippen molar-refractivity contribution in [1.82, 2.24) is 5.16 Å². The second-order valence-corrected chi connectivity index (χ2v) is 7.46. The number of aromatic nitrogens is 1. The molecule has 8 heteroatoms. The van der Waals surface area contributed by atoms with Crippen LogP contribution in [-0.4, -0.2) is 19.8 Å². The molecule has 3 aromatic rings. The number of alkyl halides is 3. The van der Waals surface area contributed by atoms with Crippen molar-refractivity contribution in [1.29, 1.82) is 0 Å². The first-order valence-electron chi connectivity index (χ1n) is 7.09. The van der Waals surface area contributed by atoms with Crippen molar-refractivity contribution >= 4 is 9.84 Å². The van der Waals surface area contributed by atoms with Gasteiger partial charge in [0.05, 0.1) is 16.7 Å². The van der Waals surface area contributed by atoms with Gasteiger partial charge in [0.2, 0.25) is 5.76 Å². The summed E-state index contributed by atoms with van der Waals surface area (Å²) in [4.78, 5) is 0.172. The standard InChI is InChI=1S/C17H12F3NO3S/c1-25(22,23)14-7-5-11(6-8-14)12-3-2-4-13(9-12)15-10-21-24-16(15)17(18,19)20/h2-10H,1H3. The van der Waals surface area contributed by atoms with Crippen LogP contribution in [0.15, 0.2) is 64.1 Å². The average Bonchev–Trinajstić information content (AvgIpc) is 3.04. The van der Waals surface area contributed by atoms with Crippen LogP contribution >= 0.6 is 0 Å². The first-order valence-corrected chi connectivity index (χ1v) is 8.98. The van der Waals surface area contributed by atoms with Gasteiger partial charge in [-0.15, -0.1) is 0 Å². The summed E-state index contributed by atoms with van der Waals surface area (Å²) in [6.07, 6.45) is -2.51. The molecule has 0 N–H and O–H groups in total. The van der Waals surface area contributed by atoms with Crippen LogP contribution in [0.2, 0.25) is 0 Å². The van der Waals surface area contributed by atoms with E-state index in [1.165, 1.54) is 18.2 Å². The van der Waals surface area contributed by atoms with E-state index in [1.807, 2.05) is 0 Å². The molecular weight excluding hydrogens is 355 g/mol. The van der Waals surface area contributed by atoms with Gasteiger partial charge in [0.15, 0.2) is 9.84 Å². The summed E-state index contributed by atoms with van der Waals surface area (Å²) in [5.74, 6) is -1.16. The fourth-order valence-corrected chi connectivity index (χ4v) is 3.04. The van der Waals surface area contributed by atoms with Crippen LogP contribution in [0.4, 0.5) is 13.2 Å². The third-order valence-corrected chi connectivity index (χ3v) is 4.75. The Bertz CT molecular complexity index is 1010. The molecule has 0 fully saturated rings. The van der Waals surface area contributed by atoms with Gasteiger partial charge in [0, 0.05) is 6.26 Å². The zero-order valence-electron chi connectivity index (χ0n) is 12.9. The van der Waals surface area contributed by atoms with Gasteiger partial charge in [-0.3, -0.25) is 0 Å². The van der Waals surface area contributed by atoms with E-state index in [4.69, 9.17) is 0 Å². The molecule has 0 spiro atoms. The third kappa shape index (κ3) is 3.58. The summed E-state index contributed by atoms with van der Waals surface area (Å²) < 4.78 is 66.2. The number of hydrogen-bond acceptors (Lipinski definition) is 4. The van der Waals surface area contributed by atoms with Gasteiger partial charge in [-0.05, 0) is 34.9 Å². The summed E-state index contributed by atoms with van der Waals surface area (Å²) in [5.41, 5.74) is 1.48. The van der Waals surface area contributed by atoms with Crippen LogP contribution in [0.5, 0.6) is 0 Å². The predicted molar refractivity (Wildman–Crippen MR) is 85.5 cm³/mol. The summed E-state index contributed by atoms with van der Waals surface area (Å²) in [6.45, 7) is 0. The highest BCUT2D eigenvalue weighted by Crippen LogP contribution is 2.38. The Labute approximate surface area is 141 Å². The Morgan fingerprint density at radius 3 is 2.20 bits per heavy atom. The van der Waals surface area contributed by atoms with Crippen LogP contribution in [0.1, 0.15) is 5.76 Å². The highest BCUT2D eigenvalue weighted by molar-refractivity contribution is 7.90. The highest BCUT2D eigenvalue weighted by atomic mass is 32.2. The molecule has 2 aromatic carbocycles. The van der Waals surface area contributed by atoms with Crippen LogP contribution in [-0.2, 0) is 16.0 Å². The fraction of sp³-hybridized carbons (Fsp3) is 0.118. The molecule has 130 valence electrons. The summed E-state index contributed by atoms with van der Waals surface area (Å²) >= 11 is 0. The Hall–Kier alpha value is -2.61. The summed E-state index contributed by atoms with van der Waals surface area (Å²) in [7, 11) is -3.31. The minimum Gasteiger partial charge on any atom is -0.351 e. The summed E-state index contributed by atoms with van der Waals surface area (Å²) in [6, 6.07) is 12.5. The normalized spacial score (nSPS) is 12.3. The van der Waals surface area contributed by atoms with Crippen molar-refractivity contribution in [3.8, 4) is 22.3 Å². The molecular formula is C17H12F3NO3S. The molecule has 0 aliphatic rings. The van der Waals surface area contributed by atoms with E-state index in [0.29, 0.717) is 16.7 Å². The van der Waals surface area contributed by atoms with Crippen LogP contribution in [0, 0.1) is 0 Å². The van der Waals surface area contributed by atoms with Gasteiger partial charge in [-0.25, -0.2) is 8.42 Å². The highest BCUT2D eigenvalue weighted by Gasteiger charge is 2.39. The predicted octanol–water partition coefficient (Wildman–Crippen LogP) is 4.43. The molecule has 0 aliphatic heterocycles. The van der Waals surface area contributed by atoms with Crippen LogP contribution in [0.3, 0.4) is 0 Å². The van der Waals surface area contributed by atoms with E-state index >= 15 is 0 Å². The van der Waals surface area contributed by atoms with Crippen molar-refractivity contribution in [2.45, 2.75) is 11.1 Å². The van der Waals surface area contributed by atoms with Crippen molar-refractivity contribution in [2.75, 3.05) is 6.26 Å². The molecule has 25 heavy (non-hydrogen) atoms. The number of sulfone groups is 1. The van der Waals surface area contributed by atoms with E-state index in [9.17, 15) is 21.6 Å². The number of nitrogens with zero attached hydrogens (tertiary/aromatic N) is 1. The van der Waals surface area contributed by atoms with Gasteiger partial charge in [0.25, 0.3) is 0 Å². The van der Waals surface area contributed by atoms with Crippen molar-refractivity contribution in [3.05, 3.63) is 60.5 Å². The molecule has 1 heterocycles. The minimum atomic E-state index is -4.64. The zero-order valence-corrected chi connectivity index (χ0v) is 13.7. The van der Waals surface area contributed by atoms with E-state index in [-0.39, 0.29) is 10.5 Å². The van der Waals surface area contributed by atoms with Gasteiger partial charge >= 0.3 is 6.18 Å². The number of rotatable bonds is 3. The van der Waals surface area contributed by atoms with Crippen LogP contribution in [0.25, 0.3) is 22.3 Å². The van der Waals surface area contributed by atoms with Gasteiger partial charge in [-0.2, -0.15) is 13.2 Å². The van der Waals surface area contributed by atoms with E-state index in [0.717, 1.165) is 12.5 Å². The number of halogens is 3.